The molecule has 0 spiro atoms. The Kier molecular flexibility index (Phi) is 2.28. The number of nitrogens with zero attached hydrogens (tertiary/aromatic N) is 2. The van der Waals surface area contributed by atoms with Crippen molar-refractivity contribution in [3.8, 4) is 5.88 Å². The lowest BCUT2D eigenvalue weighted by atomic mass is 10.2. The molecule has 14 heavy (non-hydrogen) atoms. The van der Waals surface area contributed by atoms with Gasteiger partial charge in [0.1, 0.15) is 0 Å². The topological polar surface area (TPSA) is 69.2 Å². The number of hydrogen-bond acceptors (Lipinski definition) is 5. The van der Waals surface area contributed by atoms with Crippen molar-refractivity contribution >= 4 is 21.8 Å². The van der Waals surface area contributed by atoms with E-state index in [2.05, 4.69) is 14.4 Å². The summed E-state index contributed by atoms with van der Waals surface area (Å²) in [6.45, 7) is 0. The van der Waals surface area contributed by atoms with Crippen LogP contribution in [0.5, 0.6) is 5.88 Å². The molecule has 2 rings (SSSR count). The maximum Gasteiger partial charge on any atom is 0.300 e. The highest BCUT2D eigenvalue weighted by Crippen LogP contribution is 2.20. The molecule has 0 aliphatic heterocycles. The average molecular weight is 210 g/mol. The first-order valence-electron chi connectivity index (χ1n) is 3.80. The molecule has 0 radical (unpaired) electrons. The van der Waals surface area contributed by atoms with Gasteiger partial charge in [-0.25, -0.2) is 0 Å². The second-order valence-corrected chi connectivity index (χ2v) is 3.18. The molecule has 0 unspecified atom stereocenters. The fourth-order valence-electron chi connectivity index (χ4n) is 1.14. The lowest BCUT2D eigenvalue weighted by molar-refractivity contribution is 0.499. The van der Waals surface area contributed by atoms with Crippen LogP contribution in [0.25, 0.3) is 10.8 Å². The Hall–Kier alpha value is -1.69. The summed E-state index contributed by atoms with van der Waals surface area (Å²) in [5.41, 5.74) is 0. The first kappa shape index (κ1) is 8.89. The van der Waals surface area contributed by atoms with Gasteiger partial charge in [-0.05, 0) is 6.07 Å². The molecule has 0 N–H and O–H groups in total. The van der Waals surface area contributed by atoms with Gasteiger partial charge in [0.15, 0.2) is 0 Å². The summed E-state index contributed by atoms with van der Waals surface area (Å²) in [6, 6.07) is 7.12. The molecule has 0 saturated carbocycles. The van der Waals surface area contributed by atoms with E-state index >= 15 is 0 Å². The zero-order valence-electron chi connectivity index (χ0n) is 6.95. The highest BCUT2D eigenvalue weighted by molar-refractivity contribution is 7.67. The summed E-state index contributed by atoms with van der Waals surface area (Å²) in [7, 11) is -2.95. The van der Waals surface area contributed by atoms with Gasteiger partial charge in [-0.3, -0.25) is 0 Å². The third-order valence-corrected chi connectivity index (χ3v) is 2.02. The third-order valence-electron chi connectivity index (χ3n) is 1.70. The van der Waals surface area contributed by atoms with Gasteiger partial charge in [-0.2, -0.15) is 13.5 Å². The third kappa shape index (κ3) is 1.64. The smallest absolute Gasteiger partial charge is 0.300 e. The SMILES string of the molecule is O=[SH](=O)Oc1nncc2ccccc12. The van der Waals surface area contributed by atoms with Gasteiger partial charge in [-0.1, -0.05) is 18.2 Å². The van der Waals surface area contributed by atoms with E-state index in [9.17, 15) is 8.42 Å². The highest BCUT2D eigenvalue weighted by Gasteiger charge is 2.03. The highest BCUT2D eigenvalue weighted by atomic mass is 32.2. The molecule has 0 amide bonds. The molecular formula is C8H6N2O3S. The predicted molar refractivity (Wildman–Crippen MR) is 50.5 cm³/mol. The number of thiol groups is 1. The van der Waals surface area contributed by atoms with E-state index in [1.807, 2.05) is 6.07 Å². The fraction of sp³-hybridized carbons (Fsp3) is 0. The molecule has 0 saturated heterocycles. The quantitative estimate of drug-likeness (QED) is 0.732. The van der Waals surface area contributed by atoms with Crippen molar-refractivity contribution in [3.63, 3.8) is 0 Å². The summed E-state index contributed by atoms with van der Waals surface area (Å²) < 4.78 is 25.2. The zero-order chi connectivity index (χ0) is 9.97. The summed E-state index contributed by atoms with van der Waals surface area (Å²) in [6.07, 6.45) is 1.54. The monoisotopic (exact) mass is 210 g/mol. The van der Waals surface area contributed by atoms with Crippen molar-refractivity contribution in [3.05, 3.63) is 30.5 Å². The van der Waals surface area contributed by atoms with Crippen LogP contribution in [0.1, 0.15) is 0 Å². The molecular weight excluding hydrogens is 204 g/mol. The van der Waals surface area contributed by atoms with Crippen LogP contribution in [0.4, 0.5) is 0 Å². The van der Waals surface area contributed by atoms with E-state index in [1.54, 1.807) is 24.4 Å². The first-order valence-corrected chi connectivity index (χ1v) is 4.90. The Morgan fingerprint density at radius 3 is 2.79 bits per heavy atom. The average Bonchev–Trinajstić information content (AvgIpc) is 2.18. The van der Waals surface area contributed by atoms with Gasteiger partial charge < -0.3 is 4.18 Å². The van der Waals surface area contributed by atoms with Crippen LogP contribution in [-0.2, 0) is 11.0 Å². The summed E-state index contributed by atoms with van der Waals surface area (Å²) in [5, 5.41) is 8.63. The first-order chi connectivity index (χ1) is 6.77. The van der Waals surface area contributed by atoms with Crippen molar-refractivity contribution < 1.29 is 12.6 Å². The van der Waals surface area contributed by atoms with Gasteiger partial charge in [0.2, 0.25) is 0 Å². The van der Waals surface area contributed by atoms with Crippen LogP contribution >= 0.6 is 0 Å². The molecule has 6 heteroatoms. The Bertz CT molecular complexity index is 526. The van der Waals surface area contributed by atoms with Crippen molar-refractivity contribution in [1.82, 2.24) is 10.2 Å². The van der Waals surface area contributed by atoms with Crippen molar-refractivity contribution in [2.24, 2.45) is 0 Å². The van der Waals surface area contributed by atoms with Gasteiger partial charge in [-0.15, -0.1) is 5.10 Å². The molecule has 5 nitrogen and oxygen atoms in total. The molecule has 0 aliphatic rings. The minimum Gasteiger partial charge on any atom is -0.361 e. The largest absolute Gasteiger partial charge is 0.361 e. The number of rotatable bonds is 2. The van der Waals surface area contributed by atoms with Crippen LogP contribution in [0, 0.1) is 0 Å². The van der Waals surface area contributed by atoms with Gasteiger partial charge in [0, 0.05) is 10.8 Å². The van der Waals surface area contributed by atoms with E-state index in [4.69, 9.17) is 0 Å². The minimum atomic E-state index is -2.95. The number of benzene rings is 1. The molecule has 0 bridgehead atoms. The van der Waals surface area contributed by atoms with Crippen LogP contribution in [0.15, 0.2) is 30.5 Å². The molecule has 0 fully saturated rings. The molecule has 0 atom stereocenters. The van der Waals surface area contributed by atoms with E-state index in [-0.39, 0.29) is 5.88 Å². The van der Waals surface area contributed by atoms with Crippen molar-refractivity contribution in [1.29, 1.82) is 0 Å². The Morgan fingerprint density at radius 2 is 2.00 bits per heavy atom. The normalized spacial score (nSPS) is 10.6. The Morgan fingerprint density at radius 1 is 1.21 bits per heavy atom. The van der Waals surface area contributed by atoms with Crippen molar-refractivity contribution in [2.45, 2.75) is 0 Å². The Labute approximate surface area is 81.5 Å². The molecule has 1 heterocycles. The van der Waals surface area contributed by atoms with E-state index < -0.39 is 11.0 Å². The van der Waals surface area contributed by atoms with Gasteiger partial charge in [0.25, 0.3) is 5.88 Å². The molecule has 1 aromatic heterocycles. The second kappa shape index (κ2) is 3.59. The number of aromatic nitrogens is 2. The zero-order valence-corrected chi connectivity index (χ0v) is 7.85. The second-order valence-electron chi connectivity index (χ2n) is 2.55. The van der Waals surface area contributed by atoms with Crippen LogP contribution < -0.4 is 4.18 Å². The number of fused-ring (bicyclic) bond motifs is 1. The van der Waals surface area contributed by atoms with Crippen LogP contribution in [0.3, 0.4) is 0 Å². The maximum atomic E-state index is 10.4. The Balaban J connectivity index is 2.64. The van der Waals surface area contributed by atoms with E-state index in [1.165, 1.54) is 0 Å². The maximum absolute atomic E-state index is 10.4. The molecule has 72 valence electrons. The van der Waals surface area contributed by atoms with Crippen molar-refractivity contribution in [2.75, 3.05) is 0 Å². The van der Waals surface area contributed by atoms with Gasteiger partial charge in [0.05, 0.1) is 6.20 Å². The summed E-state index contributed by atoms with van der Waals surface area (Å²) in [5.74, 6) is 0.0132. The number of hydrogen-bond donors (Lipinski definition) is 1. The van der Waals surface area contributed by atoms with E-state index in [0.29, 0.717) is 5.39 Å². The van der Waals surface area contributed by atoms with Crippen LogP contribution in [0.2, 0.25) is 0 Å². The standard InChI is InChI=1S/C8H6N2O3S/c11-14(12)13-8-7-4-2-1-3-6(7)5-9-10-8/h1-5,14H. The summed E-state index contributed by atoms with van der Waals surface area (Å²) >= 11 is 0. The molecule has 1 aromatic carbocycles. The molecule has 2 aromatic rings. The van der Waals surface area contributed by atoms with Crippen LogP contribution in [-0.4, -0.2) is 18.6 Å². The fourth-order valence-corrected chi connectivity index (χ4v) is 1.42. The minimum absolute atomic E-state index is 0.0132. The lowest BCUT2D eigenvalue weighted by Crippen LogP contribution is -1.95. The summed E-state index contributed by atoms with van der Waals surface area (Å²) in [4.78, 5) is 0. The van der Waals surface area contributed by atoms with Gasteiger partial charge >= 0.3 is 11.0 Å². The lowest BCUT2D eigenvalue weighted by Gasteiger charge is -1.99. The molecule has 0 aliphatic carbocycles. The van der Waals surface area contributed by atoms with E-state index in [0.717, 1.165) is 5.39 Å². The predicted octanol–water partition coefficient (Wildman–Crippen LogP) is 0.535.